The first-order valence-electron chi connectivity index (χ1n) is 4.03. The first kappa shape index (κ1) is 10.2. The van der Waals surface area contributed by atoms with E-state index < -0.39 is 0 Å². The maximum Gasteiger partial charge on any atom is 0.271 e. The van der Waals surface area contributed by atoms with Gasteiger partial charge in [-0.2, -0.15) is 0 Å². The molecule has 76 valence electrons. The third-order valence-electron chi connectivity index (χ3n) is 1.63. The Hall–Kier alpha value is -1.85. The summed E-state index contributed by atoms with van der Waals surface area (Å²) < 4.78 is 4.96. The first-order valence-corrected chi connectivity index (χ1v) is 4.03. The second kappa shape index (κ2) is 4.40. The molecule has 0 aromatic carbocycles. The molecule has 6 heteroatoms. The standard InChI is InChI=1S/C8H12N4O2/c1-9-6-8(14-3)12-5(4-11-6)7(13)10-2/h4H,1-3H3,(H,9,11)(H,10,13). The van der Waals surface area contributed by atoms with Crippen molar-refractivity contribution in [1.82, 2.24) is 15.3 Å². The molecule has 2 N–H and O–H groups in total. The fraction of sp³-hybridized carbons (Fsp3) is 0.375. The van der Waals surface area contributed by atoms with Crippen molar-refractivity contribution in [2.45, 2.75) is 0 Å². The van der Waals surface area contributed by atoms with Gasteiger partial charge in [-0.25, -0.2) is 9.97 Å². The van der Waals surface area contributed by atoms with Gasteiger partial charge in [0.15, 0.2) is 11.5 Å². The van der Waals surface area contributed by atoms with Crippen molar-refractivity contribution < 1.29 is 9.53 Å². The molecule has 0 unspecified atom stereocenters. The second-order valence-electron chi connectivity index (χ2n) is 2.44. The van der Waals surface area contributed by atoms with E-state index in [1.807, 2.05) is 0 Å². The third-order valence-corrected chi connectivity index (χ3v) is 1.63. The van der Waals surface area contributed by atoms with E-state index in [4.69, 9.17) is 4.74 Å². The van der Waals surface area contributed by atoms with Crippen molar-refractivity contribution in [3.05, 3.63) is 11.9 Å². The third kappa shape index (κ3) is 1.90. The van der Waals surface area contributed by atoms with Crippen LogP contribution in [0.3, 0.4) is 0 Å². The highest BCUT2D eigenvalue weighted by Gasteiger charge is 2.10. The second-order valence-corrected chi connectivity index (χ2v) is 2.44. The van der Waals surface area contributed by atoms with Crippen LogP contribution in [0.2, 0.25) is 0 Å². The Morgan fingerprint density at radius 2 is 2.21 bits per heavy atom. The van der Waals surface area contributed by atoms with Gasteiger partial charge in [-0.3, -0.25) is 4.79 Å². The van der Waals surface area contributed by atoms with Crippen LogP contribution < -0.4 is 15.4 Å². The highest BCUT2D eigenvalue weighted by Crippen LogP contribution is 2.17. The summed E-state index contributed by atoms with van der Waals surface area (Å²) in [5, 5.41) is 5.25. The van der Waals surface area contributed by atoms with Crippen LogP contribution in [0.4, 0.5) is 5.82 Å². The molecule has 6 nitrogen and oxygen atoms in total. The molecule has 0 radical (unpaired) electrons. The zero-order valence-electron chi connectivity index (χ0n) is 8.29. The number of anilines is 1. The van der Waals surface area contributed by atoms with E-state index in [0.29, 0.717) is 11.7 Å². The Morgan fingerprint density at radius 3 is 2.71 bits per heavy atom. The normalized spacial score (nSPS) is 9.36. The van der Waals surface area contributed by atoms with Crippen molar-refractivity contribution in [2.75, 3.05) is 26.5 Å². The number of hydrogen-bond donors (Lipinski definition) is 2. The van der Waals surface area contributed by atoms with Gasteiger partial charge in [-0.1, -0.05) is 0 Å². The van der Waals surface area contributed by atoms with Crippen molar-refractivity contribution in [1.29, 1.82) is 0 Å². The molecule has 0 saturated heterocycles. The highest BCUT2D eigenvalue weighted by atomic mass is 16.5. The predicted molar refractivity (Wildman–Crippen MR) is 51.5 cm³/mol. The molecular formula is C8H12N4O2. The Bertz CT molecular complexity index is 340. The number of rotatable bonds is 3. The van der Waals surface area contributed by atoms with Crippen molar-refractivity contribution in [3.8, 4) is 5.88 Å². The lowest BCUT2D eigenvalue weighted by atomic mass is 10.4. The molecule has 0 fully saturated rings. The van der Waals surface area contributed by atoms with E-state index in [2.05, 4.69) is 20.6 Å². The molecular weight excluding hydrogens is 184 g/mol. The average Bonchev–Trinajstić information content (AvgIpc) is 2.26. The first-order chi connectivity index (χ1) is 6.72. The maximum absolute atomic E-state index is 11.2. The highest BCUT2D eigenvalue weighted by molar-refractivity contribution is 5.92. The van der Waals surface area contributed by atoms with Gasteiger partial charge in [0.2, 0.25) is 0 Å². The lowest BCUT2D eigenvalue weighted by Gasteiger charge is -2.06. The van der Waals surface area contributed by atoms with Crippen LogP contribution in [0.15, 0.2) is 6.20 Å². The zero-order chi connectivity index (χ0) is 10.6. The topological polar surface area (TPSA) is 76.1 Å². The number of methoxy groups -OCH3 is 1. The average molecular weight is 196 g/mol. The van der Waals surface area contributed by atoms with Gasteiger partial charge in [-0.15, -0.1) is 0 Å². The monoisotopic (exact) mass is 196 g/mol. The molecule has 0 atom stereocenters. The largest absolute Gasteiger partial charge is 0.478 e. The van der Waals surface area contributed by atoms with Crippen LogP contribution in [0.5, 0.6) is 5.88 Å². The molecule has 0 aliphatic carbocycles. The van der Waals surface area contributed by atoms with Crippen LogP contribution >= 0.6 is 0 Å². The van der Waals surface area contributed by atoms with Crippen LogP contribution in [0.25, 0.3) is 0 Å². The Morgan fingerprint density at radius 1 is 1.50 bits per heavy atom. The quantitative estimate of drug-likeness (QED) is 0.705. The van der Waals surface area contributed by atoms with Crippen LogP contribution in [0.1, 0.15) is 10.5 Å². The van der Waals surface area contributed by atoms with E-state index in [-0.39, 0.29) is 11.6 Å². The van der Waals surface area contributed by atoms with Gasteiger partial charge < -0.3 is 15.4 Å². The molecule has 0 spiro atoms. The summed E-state index contributed by atoms with van der Waals surface area (Å²) in [6.45, 7) is 0. The number of carbonyl (C=O) groups excluding carboxylic acids is 1. The fourth-order valence-corrected chi connectivity index (χ4v) is 0.923. The summed E-state index contributed by atoms with van der Waals surface area (Å²) in [6, 6.07) is 0. The summed E-state index contributed by atoms with van der Waals surface area (Å²) in [4.78, 5) is 19.1. The number of ether oxygens (including phenoxy) is 1. The minimum Gasteiger partial charge on any atom is -0.478 e. The van der Waals surface area contributed by atoms with Crippen molar-refractivity contribution >= 4 is 11.7 Å². The van der Waals surface area contributed by atoms with Crippen LogP contribution in [0, 0.1) is 0 Å². The number of nitrogens with zero attached hydrogens (tertiary/aromatic N) is 2. The number of aromatic nitrogens is 2. The Balaban J connectivity index is 3.07. The lowest BCUT2D eigenvalue weighted by molar-refractivity contribution is 0.0957. The van der Waals surface area contributed by atoms with E-state index in [9.17, 15) is 4.79 Å². The van der Waals surface area contributed by atoms with Gasteiger partial charge >= 0.3 is 0 Å². The molecule has 0 bridgehead atoms. The minimum absolute atomic E-state index is 0.225. The van der Waals surface area contributed by atoms with Gasteiger partial charge in [0, 0.05) is 14.1 Å². The summed E-state index contributed by atoms with van der Waals surface area (Å²) in [7, 11) is 4.70. The minimum atomic E-state index is -0.293. The smallest absolute Gasteiger partial charge is 0.271 e. The van der Waals surface area contributed by atoms with Gasteiger partial charge in [0.05, 0.1) is 13.3 Å². The number of amides is 1. The fourth-order valence-electron chi connectivity index (χ4n) is 0.923. The number of hydrogen-bond acceptors (Lipinski definition) is 5. The molecule has 1 aromatic rings. The summed E-state index contributed by atoms with van der Waals surface area (Å²) >= 11 is 0. The van der Waals surface area contributed by atoms with E-state index >= 15 is 0 Å². The zero-order valence-corrected chi connectivity index (χ0v) is 8.29. The SMILES string of the molecule is CNC(=O)c1cnc(NC)c(OC)n1. The Kier molecular flexibility index (Phi) is 3.22. The molecule has 0 aliphatic heterocycles. The van der Waals surface area contributed by atoms with Gasteiger partial charge in [0.1, 0.15) is 0 Å². The molecule has 14 heavy (non-hydrogen) atoms. The summed E-state index contributed by atoms with van der Waals surface area (Å²) in [5.74, 6) is 0.507. The van der Waals surface area contributed by atoms with Crippen LogP contribution in [-0.4, -0.2) is 37.1 Å². The maximum atomic E-state index is 11.2. The van der Waals surface area contributed by atoms with Crippen LogP contribution in [-0.2, 0) is 0 Å². The number of carbonyl (C=O) groups is 1. The molecule has 1 aromatic heterocycles. The molecule has 1 heterocycles. The van der Waals surface area contributed by atoms with Gasteiger partial charge in [0.25, 0.3) is 11.8 Å². The summed E-state index contributed by atoms with van der Waals surface area (Å²) in [5.41, 5.74) is 0.225. The Labute approximate surface area is 81.7 Å². The molecule has 0 aliphatic rings. The summed E-state index contributed by atoms with van der Waals surface area (Å²) in [6.07, 6.45) is 1.38. The van der Waals surface area contributed by atoms with Crippen molar-refractivity contribution in [3.63, 3.8) is 0 Å². The number of nitrogens with one attached hydrogen (secondary N) is 2. The van der Waals surface area contributed by atoms with E-state index in [0.717, 1.165) is 0 Å². The van der Waals surface area contributed by atoms with Gasteiger partial charge in [-0.05, 0) is 0 Å². The van der Waals surface area contributed by atoms with Crippen molar-refractivity contribution in [2.24, 2.45) is 0 Å². The van der Waals surface area contributed by atoms with E-state index in [1.165, 1.54) is 20.4 Å². The predicted octanol–water partition coefficient (Wildman–Crippen LogP) is -0.114. The molecule has 0 saturated carbocycles. The lowest BCUT2D eigenvalue weighted by Crippen LogP contribution is -2.20. The van der Waals surface area contributed by atoms with E-state index in [1.54, 1.807) is 7.05 Å². The molecule has 1 amide bonds. The molecule has 1 rings (SSSR count).